The molecule has 1 aliphatic rings. The molecule has 0 radical (unpaired) electrons. The summed E-state index contributed by atoms with van der Waals surface area (Å²) in [4.78, 5) is 8.98. The second kappa shape index (κ2) is 4.97. The van der Waals surface area contributed by atoms with E-state index in [0.29, 0.717) is 0 Å². The number of imidazole rings is 1. The molecule has 0 saturated heterocycles. The van der Waals surface area contributed by atoms with Crippen molar-refractivity contribution in [3.63, 3.8) is 0 Å². The third-order valence-electron chi connectivity index (χ3n) is 3.57. The molecule has 0 atom stereocenters. The van der Waals surface area contributed by atoms with Gasteiger partial charge in [-0.3, -0.25) is 9.56 Å². The van der Waals surface area contributed by atoms with Gasteiger partial charge in [-0.25, -0.2) is 4.98 Å². The number of fused-ring (bicyclic) bond motifs is 1. The van der Waals surface area contributed by atoms with Gasteiger partial charge in [0.15, 0.2) is 0 Å². The van der Waals surface area contributed by atoms with E-state index >= 15 is 0 Å². The second-order valence-corrected chi connectivity index (χ2v) is 5.84. The zero-order valence-corrected chi connectivity index (χ0v) is 12.8. The van der Waals surface area contributed by atoms with Crippen molar-refractivity contribution < 1.29 is 0 Å². The zero-order valence-electron chi connectivity index (χ0n) is 11.2. The summed E-state index contributed by atoms with van der Waals surface area (Å²) < 4.78 is 3.15. The van der Waals surface area contributed by atoms with Gasteiger partial charge in [-0.15, -0.1) is 0 Å². The molecule has 3 nitrogen and oxygen atoms in total. The van der Waals surface area contributed by atoms with Gasteiger partial charge in [0.05, 0.1) is 23.3 Å². The predicted molar refractivity (Wildman–Crippen MR) is 89.3 cm³/mol. The molecule has 1 aliphatic heterocycles. The standard InChI is InChI=1S/C17H12BrN3/c18-13-3-1-4-14(10-13)21-11-20-16-9-12(6-7-17(16)21)15-5-2-8-19-15/h1-7,9-11H,8H2. The lowest BCUT2D eigenvalue weighted by Gasteiger charge is -2.05. The van der Waals surface area contributed by atoms with Gasteiger partial charge in [-0.2, -0.15) is 0 Å². The molecule has 1 aromatic heterocycles. The van der Waals surface area contributed by atoms with Gasteiger partial charge in [0, 0.05) is 15.7 Å². The van der Waals surface area contributed by atoms with Gasteiger partial charge in [0.1, 0.15) is 6.33 Å². The van der Waals surface area contributed by atoms with Crippen LogP contribution in [0.25, 0.3) is 16.7 Å². The van der Waals surface area contributed by atoms with Gasteiger partial charge >= 0.3 is 0 Å². The van der Waals surface area contributed by atoms with Crippen molar-refractivity contribution >= 4 is 32.7 Å². The molecule has 0 bridgehead atoms. The second-order valence-electron chi connectivity index (χ2n) is 4.93. The minimum atomic E-state index is 0.778. The van der Waals surface area contributed by atoms with Gasteiger partial charge in [-0.1, -0.05) is 34.1 Å². The van der Waals surface area contributed by atoms with Gasteiger partial charge < -0.3 is 0 Å². The molecule has 0 amide bonds. The summed E-state index contributed by atoms with van der Waals surface area (Å²) in [6.07, 6.45) is 5.99. The maximum Gasteiger partial charge on any atom is 0.100 e. The van der Waals surface area contributed by atoms with Gasteiger partial charge in [-0.05, 0) is 36.4 Å². The van der Waals surface area contributed by atoms with Crippen molar-refractivity contribution in [1.29, 1.82) is 0 Å². The number of benzene rings is 2. The number of aromatic nitrogens is 2. The Balaban J connectivity index is 1.84. The normalized spacial score (nSPS) is 13.9. The number of rotatable bonds is 2. The van der Waals surface area contributed by atoms with E-state index < -0.39 is 0 Å². The molecule has 4 rings (SSSR count). The van der Waals surface area contributed by atoms with E-state index in [9.17, 15) is 0 Å². The number of nitrogens with zero attached hydrogens (tertiary/aromatic N) is 3. The highest BCUT2D eigenvalue weighted by molar-refractivity contribution is 9.10. The van der Waals surface area contributed by atoms with Gasteiger partial charge in [0.25, 0.3) is 0 Å². The number of hydrogen-bond acceptors (Lipinski definition) is 2. The fourth-order valence-corrected chi connectivity index (χ4v) is 2.95. The van der Waals surface area contributed by atoms with Gasteiger partial charge in [0.2, 0.25) is 0 Å². The van der Waals surface area contributed by atoms with Crippen molar-refractivity contribution in [2.45, 2.75) is 0 Å². The lowest BCUT2D eigenvalue weighted by molar-refractivity contribution is 1.09. The summed E-state index contributed by atoms with van der Waals surface area (Å²) >= 11 is 3.51. The lowest BCUT2D eigenvalue weighted by Crippen LogP contribution is -1.95. The van der Waals surface area contributed by atoms with Crippen molar-refractivity contribution in [1.82, 2.24) is 9.55 Å². The zero-order chi connectivity index (χ0) is 14.2. The van der Waals surface area contributed by atoms with Crippen molar-refractivity contribution in [2.75, 3.05) is 6.54 Å². The summed E-state index contributed by atoms with van der Waals surface area (Å²) in [6, 6.07) is 14.5. The SMILES string of the molecule is Brc1cccc(-n2cnc3cc(C4=NCC=C4)ccc32)c1. The van der Waals surface area contributed by atoms with E-state index in [-0.39, 0.29) is 0 Å². The van der Waals surface area contributed by atoms with E-state index in [1.807, 2.05) is 18.5 Å². The van der Waals surface area contributed by atoms with Crippen LogP contribution in [0.15, 0.2) is 70.4 Å². The van der Waals surface area contributed by atoms with Crippen LogP contribution in [-0.4, -0.2) is 21.8 Å². The van der Waals surface area contributed by atoms with Crippen LogP contribution in [0.5, 0.6) is 0 Å². The molecule has 2 aromatic carbocycles. The summed E-state index contributed by atoms with van der Waals surface area (Å²) in [7, 11) is 0. The largest absolute Gasteiger partial charge is 0.299 e. The fraction of sp³-hybridized carbons (Fsp3) is 0.0588. The van der Waals surface area contributed by atoms with Crippen LogP contribution in [-0.2, 0) is 0 Å². The first kappa shape index (κ1) is 12.5. The van der Waals surface area contributed by atoms with Crippen molar-refractivity contribution in [2.24, 2.45) is 4.99 Å². The Bertz CT molecular complexity index is 890. The lowest BCUT2D eigenvalue weighted by atomic mass is 10.1. The smallest absolute Gasteiger partial charge is 0.100 e. The molecule has 102 valence electrons. The van der Waals surface area contributed by atoms with Crippen LogP contribution in [0.4, 0.5) is 0 Å². The molecule has 3 aromatic rings. The Morgan fingerprint density at radius 3 is 2.86 bits per heavy atom. The summed E-state index contributed by atoms with van der Waals surface area (Å²) in [5.41, 5.74) is 5.33. The monoisotopic (exact) mass is 337 g/mol. The highest BCUT2D eigenvalue weighted by Crippen LogP contribution is 2.22. The summed E-state index contributed by atoms with van der Waals surface area (Å²) in [5.74, 6) is 0. The van der Waals surface area contributed by atoms with E-state index in [2.05, 4.69) is 73.0 Å². The molecule has 0 aliphatic carbocycles. The first-order valence-corrected chi connectivity index (χ1v) is 7.55. The Labute approximate surface area is 130 Å². The Kier molecular flexibility index (Phi) is 2.97. The van der Waals surface area contributed by atoms with E-state index in [1.54, 1.807) is 0 Å². The van der Waals surface area contributed by atoms with E-state index in [1.165, 1.54) is 0 Å². The quantitative estimate of drug-likeness (QED) is 0.690. The van der Waals surface area contributed by atoms with Crippen LogP contribution in [0.1, 0.15) is 5.56 Å². The molecule has 0 unspecified atom stereocenters. The summed E-state index contributed by atoms with van der Waals surface area (Å²) in [5, 5.41) is 0. The molecule has 4 heteroatoms. The summed E-state index contributed by atoms with van der Waals surface area (Å²) in [6.45, 7) is 0.778. The Morgan fingerprint density at radius 2 is 2.05 bits per heavy atom. The van der Waals surface area contributed by atoms with Crippen LogP contribution in [0.3, 0.4) is 0 Å². The molecule has 0 saturated carbocycles. The third-order valence-corrected chi connectivity index (χ3v) is 4.07. The molecule has 2 heterocycles. The minimum Gasteiger partial charge on any atom is -0.299 e. The van der Waals surface area contributed by atoms with E-state index in [0.717, 1.165) is 39.0 Å². The molecule has 0 fully saturated rings. The highest BCUT2D eigenvalue weighted by atomic mass is 79.9. The highest BCUT2D eigenvalue weighted by Gasteiger charge is 2.09. The average Bonchev–Trinajstić information content (AvgIpc) is 3.16. The van der Waals surface area contributed by atoms with Crippen LogP contribution in [0, 0.1) is 0 Å². The maximum atomic E-state index is 4.53. The number of aliphatic imine (C=N–C) groups is 1. The first-order valence-electron chi connectivity index (χ1n) is 6.76. The van der Waals surface area contributed by atoms with Crippen molar-refractivity contribution in [3.8, 4) is 5.69 Å². The Hall–Kier alpha value is -2.20. The molecular weight excluding hydrogens is 326 g/mol. The molecule has 0 N–H and O–H groups in total. The fourth-order valence-electron chi connectivity index (χ4n) is 2.56. The number of allylic oxidation sites excluding steroid dienone is 1. The first-order chi connectivity index (χ1) is 10.3. The molecular formula is C17H12BrN3. The van der Waals surface area contributed by atoms with Crippen LogP contribution in [0.2, 0.25) is 0 Å². The minimum absolute atomic E-state index is 0.778. The number of hydrogen-bond donors (Lipinski definition) is 0. The van der Waals surface area contributed by atoms with Crippen LogP contribution < -0.4 is 0 Å². The number of halogens is 1. The van der Waals surface area contributed by atoms with Crippen LogP contribution >= 0.6 is 15.9 Å². The predicted octanol–water partition coefficient (Wildman–Crippen LogP) is 4.15. The van der Waals surface area contributed by atoms with E-state index in [4.69, 9.17) is 0 Å². The third kappa shape index (κ3) is 2.21. The topological polar surface area (TPSA) is 30.2 Å². The maximum absolute atomic E-state index is 4.53. The Morgan fingerprint density at radius 1 is 1.10 bits per heavy atom. The average molecular weight is 338 g/mol. The molecule has 21 heavy (non-hydrogen) atoms. The molecule has 0 spiro atoms. The van der Waals surface area contributed by atoms with Crippen molar-refractivity contribution in [3.05, 3.63) is 71.0 Å².